The van der Waals surface area contributed by atoms with Gasteiger partial charge in [0.05, 0.1) is 18.0 Å². The van der Waals surface area contributed by atoms with E-state index >= 15 is 0 Å². The fourth-order valence-electron chi connectivity index (χ4n) is 3.99. The number of nitro benzene ring substituents is 1. The number of benzene rings is 3. The van der Waals surface area contributed by atoms with Gasteiger partial charge in [0.1, 0.15) is 11.7 Å². The third-order valence-electron chi connectivity index (χ3n) is 5.83. The van der Waals surface area contributed by atoms with Gasteiger partial charge in [0.25, 0.3) is 17.5 Å². The third kappa shape index (κ3) is 6.89. The van der Waals surface area contributed by atoms with Crippen molar-refractivity contribution in [3.63, 3.8) is 0 Å². The lowest BCUT2D eigenvalue weighted by molar-refractivity contribution is -0.384. The first-order valence-corrected chi connectivity index (χ1v) is 11.7. The number of carbonyl (C=O) groups excluding carboxylic acids is 2. The van der Waals surface area contributed by atoms with Gasteiger partial charge in [0.2, 0.25) is 0 Å². The summed E-state index contributed by atoms with van der Waals surface area (Å²) in [5.74, 6) is 0.448. The van der Waals surface area contributed by atoms with E-state index in [1.165, 1.54) is 6.07 Å². The second kappa shape index (κ2) is 12.9. The van der Waals surface area contributed by atoms with E-state index in [-0.39, 0.29) is 41.6 Å². The molecule has 202 valence electrons. The van der Waals surface area contributed by atoms with Crippen molar-refractivity contribution in [2.75, 3.05) is 36.8 Å². The molecule has 0 saturated carbocycles. The number of aliphatic imine (C=N–C) groups is 2. The SMILES string of the molecule is Cl.Cl.O=C(Nc1ccc(C2=NCCN2)cc1)c1cc(C(=O)Nc2ccc(C3=NCCN3)cc2)cc([N+](=O)[O-])c1. The maximum absolute atomic E-state index is 12.9. The first-order chi connectivity index (χ1) is 18.0. The predicted octanol–water partition coefficient (Wildman–Crippen LogP) is 3.64. The standard InChI is InChI=1S/C26H23N7O4.2ClH/c34-25(31-20-5-1-16(2-6-20)23-27-9-10-28-23)18-13-19(15-22(14-18)33(36)37)26(35)32-21-7-3-17(4-8-21)24-29-11-12-30-24;;/h1-8,13-15H,9-12H2,(H,27,28)(H,29,30)(H,31,34)(H,32,35);2*1H. The van der Waals surface area contributed by atoms with Crippen molar-refractivity contribution in [1.82, 2.24) is 10.6 Å². The summed E-state index contributed by atoms with van der Waals surface area (Å²) in [5.41, 5.74) is 2.42. The average Bonchev–Trinajstić information content (AvgIpc) is 3.64. The van der Waals surface area contributed by atoms with E-state index in [2.05, 4.69) is 31.3 Å². The van der Waals surface area contributed by atoms with E-state index < -0.39 is 16.7 Å². The van der Waals surface area contributed by atoms with E-state index in [4.69, 9.17) is 0 Å². The molecule has 0 aromatic heterocycles. The van der Waals surface area contributed by atoms with Gasteiger partial charge in [-0.25, -0.2) is 0 Å². The number of amides is 2. The van der Waals surface area contributed by atoms with Crippen LogP contribution in [0.3, 0.4) is 0 Å². The molecule has 0 fully saturated rings. The number of halogens is 2. The van der Waals surface area contributed by atoms with Gasteiger partial charge in [-0.1, -0.05) is 0 Å². The van der Waals surface area contributed by atoms with Crippen LogP contribution in [0.25, 0.3) is 0 Å². The van der Waals surface area contributed by atoms with Crippen LogP contribution >= 0.6 is 24.8 Å². The van der Waals surface area contributed by atoms with E-state index in [1.807, 2.05) is 24.3 Å². The van der Waals surface area contributed by atoms with Crippen LogP contribution in [0.15, 0.2) is 76.7 Å². The molecule has 0 radical (unpaired) electrons. The van der Waals surface area contributed by atoms with Crippen molar-refractivity contribution in [2.24, 2.45) is 9.98 Å². The van der Waals surface area contributed by atoms with Crippen LogP contribution < -0.4 is 21.3 Å². The lowest BCUT2D eigenvalue weighted by atomic mass is 10.1. The predicted molar refractivity (Wildman–Crippen MR) is 155 cm³/mol. The van der Waals surface area contributed by atoms with Crippen molar-refractivity contribution >= 4 is 65.4 Å². The highest BCUT2D eigenvalue weighted by Gasteiger charge is 2.19. The van der Waals surface area contributed by atoms with Gasteiger partial charge in [-0.2, -0.15) is 0 Å². The Hall–Kier alpha value is -4.48. The molecular weight excluding hydrogens is 545 g/mol. The molecule has 5 rings (SSSR count). The number of anilines is 2. The van der Waals surface area contributed by atoms with Crippen molar-refractivity contribution < 1.29 is 14.5 Å². The second-order valence-corrected chi connectivity index (χ2v) is 8.40. The summed E-state index contributed by atoms with van der Waals surface area (Å²) in [6.07, 6.45) is 0. The Morgan fingerprint density at radius 2 is 1.13 bits per heavy atom. The number of hydrogen-bond donors (Lipinski definition) is 4. The first-order valence-electron chi connectivity index (χ1n) is 11.7. The summed E-state index contributed by atoms with van der Waals surface area (Å²) in [6.45, 7) is 3.01. The van der Waals surface area contributed by atoms with E-state index in [9.17, 15) is 19.7 Å². The van der Waals surface area contributed by atoms with Gasteiger partial charge >= 0.3 is 0 Å². The molecule has 3 aromatic carbocycles. The molecule has 0 atom stereocenters. The van der Waals surface area contributed by atoms with Crippen LogP contribution in [0.1, 0.15) is 31.8 Å². The summed E-state index contributed by atoms with van der Waals surface area (Å²) in [7, 11) is 0. The molecule has 11 nitrogen and oxygen atoms in total. The minimum absolute atomic E-state index is 0. The van der Waals surface area contributed by atoms with Crippen LogP contribution in [0.5, 0.6) is 0 Å². The third-order valence-corrected chi connectivity index (χ3v) is 5.83. The highest BCUT2D eigenvalue weighted by molar-refractivity contribution is 6.10. The second-order valence-electron chi connectivity index (χ2n) is 8.40. The smallest absolute Gasteiger partial charge is 0.271 e. The molecule has 39 heavy (non-hydrogen) atoms. The van der Waals surface area contributed by atoms with Crippen molar-refractivity contribution in [3.05, 3.63) is 99.1 Å². The summed E-state index contributed by atoms with van der Waals surface area (Å²) in [6, 6.07) is 17.8. The zero-order valence-electron chi connectivity index (χ0n) is 20.5. The molecule has 13 heteroatoms. The van der Waals surface area contributed by atoms with Crippen LogP contribution in [-0.4, -0.2) is 54.6 Å². The zero-order valence-corrected chi connectivity index (χ0v) is 22.1. The lowest BCUT2D eigenvalue weighted by Crippen LogP contribution is -2.19. The molecule has 0 unspecified atom stereocenters. The molecular formula is C26H25Cl2N7O4. The fraction of sp³-hybridized carbons (Fsp3) is 0.154. The van der Waals surface area contributed by atoms with Gasteiger partial charge < -0.3 is 21.3 Å². The molecule has 4 N–H and O–H groups in total. The van der Waals surface area contributed by atoms with Crippen LogP contribution in [-0.2, 0) is 0 Å². The van der Waals surface area contributed by atoms with Crippen molar-refractivity contribution in [2.45, 2.75) is 0 Å². The highest BCUT2D eigenvalue weighted by atomic mass is 35.5. The Labute approximate surface area is 236 Å². The monoisotopic (exact) mass is 569 g/mol. The Morgan fingerprint density at radius 1 is 0.718 bits per heavy atom. The summed E-state index contributed by atoms with van der Waals surface area (Å²) in [5, 5.41) is 23.3. The largest absolute Gasteiger partial charge is 0.368 e. The highest BCUT2D eigenvalue weighted by Crippen LogP contribution is 2.21. The molecule has 0 spiro atoms. The molecule has 2 aliphatic heterocycles. The molecule has 2 heterocycles. The topological polar surface area (TPSA) is 150 Å². The first kappa shape index (κ1) is 29.1. The summed E-state index contributed by atoms with van der Waals surface area (Å²) >= 11 is 0. The minimum atomic E-state index is -0.637. The minimum Gasteiger partial charge on any atom is -0.368 e. The van der Waals surface area contributed by atoms with Gasteiger partial charge in [-0.05, 0) is 54.6 Å². The molecule has 0 aliphatic carbocycles. The van der Waals surface area contributed by atoms with Gasteiger partial charge in [-0.3, -0.25) is 29.7 Å². The molecule has 3 aromatic rings. The zero-order chi connectivity index (χ0) is 25.8. The number of nitrogens with zero attached hydrogens (tertiary/aromatic N) is 3. The van der Waals surface area contributed by atoms with E-state index in [0.29, 0.717) is 11.4 Å². The average molecular weight is 570 g/mol. The van der Waals surface area contributed by atoms with Gasteiger partial charge in [-0.15, -0.1) is 24.8 Å². The molecule has 0 saturated heterocycles. The normalized spacial score (nSPS) is 13.4. The molecule has 2 amide bonds. The summed E-state index contributed by atoms with van der Waals surface area (Å²) < 4.78 is 0. The number of nitro groups is 1. The number of carbonyl (C=O) groups is 2. The van der Waals surface area contributed by atoms with Crippen LogP contribution in [0.2, 0.25) is 0 Å². The molecule has 2 aliphatic rings. The summed E-state index contributed by atoms with van der Waals surface area (Å²) in [4.78, 5) is 45.4. The Kier molecular flexibility index (Phi) is 9.58. The Morgan fingerprint density at radius 3 is 1.46 bits per heavy atom. The van der Waals surface area contributed by atoms with Crippen molar-refractivity contribution in [3.8, 4) is 0 Å². The quantitative estimate of drug-likeness (QED) is 0.252. The number of rotatable bonds is 7. The fourth-order valence-corrected chi connectivity index (χ4v) is 3.99. The van der Waals surface area contributed by atoms with Crippen LogP contribution in [0.4, 0.5) is 17.1 Å². The van der Waals surface area contributed by atoms with E-state index in [0.717, 1.165) is 61.1 Å². The number of hydrogen-bond acceptors (Lipinski definition) is 8. The lowest BCUT2D eigenvalue weighted by Gasteiger charge is -2.10. The maximum Gasteiger partial charge on any atom is 0.271 e. The van der Waals surface area contributed by atoms with Crippen LogP contribution in [0, 0.1) is 10.1 Å². The van der Waals surface area contributed by atoms with Gasteiger partial charge in [0, 0.05) is 58.9 Å². The molecule has 0 bridgehead atoms. The van der Waals surface area contributed by atoms with Gasteiger partial charge in [0.15, 0.2) is 0 Å². The maximum atomic E-state index is 12.9. The number of nitrogens with one attached hydrogen (secondary N) is 4. The van der Waals surface area contributed by atoms with E-state index in [1.54, 1.807) is 24.3 Å². The Balaban J connectivity index is 0.00000210. The Bertz CT molecular complexity index is 1340. The number of amidine groups is 2. The van der Waals surface area contributed by atoms with Crippen molar-refractivity contribution in [1.29, 1.82) is 0 Å². The number of non-ortho nitro benzene ring substituents is 1.